The molecule has 4 nitrogen and oxygen atoms in total. The summed E-state index contributed by atoms with van der Waals surface area (Å²) < 4.78 is 10.3. The minimum Gasteiger partial charge on any atom is -0.497 e. The number of ether oxygens (including phenoxy) is 2. The van der Waals surface area contributed by atoms with Crippen molar-refractivity contribution in [2.24, 2.45) is 0 Å². The van der Waals surface area contributed by atoms with Gasteiger partial charge in [-0.1, -0.05) is 18.2 Å². The van der Waals surface area contributed by atoms with Crippen LogP contribution in [0.1, 0.15) is 12.5 Å². The Morgan fingerprint density at radius 2 is 2.24 bits per heavy atom. The van der Waals surface area contributed by atoms with E-state index in [1.807, 2.05) is 48.4 Å². The molecule has 0 aromatic heterocycles. The van der Waals surface area contributed by atoms with E-state index in [0.29, 0.717) is 25.2 Å². The number of para-hydroxylation sites is 1. The molecule has 2 heterocycles. The van der Waals surface area contributed by atoms with E-state index in [9.17, 15) is 4.79 Å². The van der Waals surface area contributed by atoms with Gasteiger partial charge in [0.25, 0.3) is 0 Å². The normalized spacial score (nSPS) is 16.5. The zero-order valence-electron chi connectivity index (χ0n) is 11.9. The van der Waals surface area contributed by atoms with E-state index in [2.05, 4.69) is 6.07 Å². The van der Waals surface area contributed by atoms with Crippen molar-refractivity contribution in [3.63, 3.8) is 0 Å². The van der Waals surface area contributed by atoms with Crippen molar-refractivity contribution in [3.05, 3.63) is 65.7 Å². The minimum absolute atomic E-state index is 0.256. The predicted molar refractivity (Wildman–Crippen MR) is 80.5 cm³/mol. The third-order valence-corrected chi connectivity index (χ3v) is 3.46. The summed E-state index contributed by atoms with van der Waals surface area (Å²) in [5.41, 5.74) is 3.86. The van der Waals surface area contributed by atoms with Crippen LogP contribution in [0.25, 0.3) is 0 Å². The van der Waals surface area contributed by atoms with Crippen molar-refractivity contribution in [1.82, 2.24) is 0 Å². The summed E-state index contributed by atoms with van der Waals surface area (Å²) in [5, 5.41) is 0. The van der Waals surface area contributed by atoms with Crippen molar-refractivity contribution >= 4 is 11.7 Å². The van der Waals surface area contributed by atoms with Crippen LogP contribution in [0.2, 0.25) is 0 Å². The minimum atomic E-state index is -0.256. The molecule has 21 heavy (non-hydrogen) atoms. The second-order valence-electron chi connectivity index (χ2n) is 4.82. The molecule has 2 aliphatic rings. The molecule has 0 radical (unpaired) electrons. The van der Waals surface area contributed by atoms with Crippen LogP contribution in [-0.2, 0) is 20.7 Å². The Kier molecular flexibility index (Phi) is 3.77. The van der Waals surface area contributed by atoms with E-state index >= 15 is 0 Å². The summed E-state index contributed by atoms with van der Waals surface area (Å²) >= 11 is 0. The number of hydrogen-bond acceptors (Lipinski definition) is 4. The third kappa shape index (κ3) is 2.70. The van der Waals surface area contributed by atoms with Crippen LogP contribution in [-0.4, -0.2) is 19.2 Å². The van der Waals surface area contributed by atoms with E-state index in [-0.39, 0.29) is 5.97 Å². The fourth-order valence-corrected chi connectivity index (χ4v) is 2.49. The molecule has 0 atom stereocenters. The zero-order valence-corrected chi connectivity index (χ0v) is 11.9. The van der Waals surface area contributed by atoms with Gasteiger partial charge < -0.3 is 14.4 Å². The first-order valence-corrected chi connectivity index (χ1v) is 7.03. The zero-order chi connectivity index (χ0) is 14.7. The van der Waals surface area contributed by atoms with Gasteiger partial charge in [-0.3, -0.25) is 0 Å². The second kappa shape index (κ2) is 5.87. The molecule has 0 spiro atoms. The van der Waals surface area contributed by atoms with Crippen LogP contribution < -0.4 is 4.90 Å². The van der Waals surface area contributed by atoms with Gasteiger partial charge in [-0.05, 0) is 30.7 Å². The summed E-state index contributed by atoms with van der Waals surface area (Å²) in [5.74, 6) is -0.256. The predicted octanol–water partition coefficient (Wildman–Crippen LogP) is 2.92. The van der Waals surface area contributed by atoms with Crippen molar-refractivity contribution in [3.8, 4) is 0 Å². The van der Waals surface area contributed by atoms with Crippen LogP contribution >= 0.6 is 0 Å². The first-order valence-electron chi connectivity index (χ1n) is 7.03. The van der Waals surface area contributed by atoms with E-state index in [1.54, 1.807) is 6.26 Å². The van der Waals surface area contributed by atoms with Gasteiger partial charge in [0, 0.05) is 24.0 Å². The molecule has 0 N–H and O–H groups in total. The summed E-state index contributed by atoms with van der Waals surface area (Å²) in [6.07, 6.45) is 8.01. The van der Waals surface area contributed by atoms with Gasteiger partial charge in [0.05, 0.1) is 18.4 Å². The first kappa shape index (κ1) is 13.5. The average molecular weight is 283 g/mol. The Balaban J connectivity index is 2.00. The fraction of sp³-hybridized carbons (Fsp3) is 0.235. The van der Waals surface area contributed by atoms with Crippen LogP contribution in [0.3, 0.4) is 0 Å². The number of benzene rings is 1. The number of fused-ring (bicyclic) bond motifs is 1. The quantitative estimate of drug-likeness (QED) is 0.800. The Labute approximate surface area is 124 Å². The highest BCUT2D eigenvalue weighted by Gasteiger charge is 2.23. The number of anilines is 1. The molecule has 0 bridgehead atoms. The van der Waals surface area contributed by atoms with Gasteiger partial charge in [0.2, 0.25) is 0 Å². The van der Waals surface area contributed by atoms with Crippen LogP contribution in [0.4, 0.5) is 5.69 Å². The molecular weight excluding hydrogens is 266 g/mol. The molecule has 0 amide bonds. The van der Waals surface area contributed by atoms with Gasteiger partial charge in [0.15, 0.2) is 0 Å². The Morgan fingerprint density at radius 3 is 3.00 bits per heavy atom. The number of rotatable bonds is 3. The molecule has 1 aromatic rings. The third-order valence-electron chi connectivity index (χ3n) is 3.46. The van der Waals surface area contributed by atoms with E-state index in [4.69, 9.17) is 9.47 Å². The molecule has 0 saturated carbocycles. The first-order chi connectivity index (χ1) is 10.3. The van der Waals surface area contributed by atoms with Crippen molar-refractivity contribution in [1.29, 1.82) is 0 Å². The Hall–Kier alpha value is -2.49. The molecular formula is C17H17NO3. The summed E-state index contributed by atoms with van der Waals surface area (Å²) in [6, 6.07) is 8.08. The van der Waals surface area contributed by atoms with Crippen molar-refractivity contribution in [2.75, 3.05) is 18.1 Å². The molecule has 0 aliphatic carbocycles. The lowest BCUT2D eigenvalue weighted by atomic mass is 9.99. The van der Waals surface area contributed by atoms with E-state index < -0.39 is 0 Å². The topological polar surface area (TPSA) is 38.8 Å². The van der Waals surface area contributed by atoms with Gasteiger partial charge in [-0.2, -0.15) is 0 Å². The maximum atomic E-state index is 12.1. The smallest absolute Gasteiger partial charge is 0.335 e. The monoisotopic (exact) mass is 283 g/mol. The standard InChI is InChI=1S/C17H17NO3/c1-2-21-17(19)14-11-13-5-3-4-6-16(13)18(12-14)15-7-9-20-10-8-15/h3-9,12H,2,10-11H2,1H3. The maximum absolute atomic E-state index is 12.1. The van der Waals surface area contributed by atoms with Gasteiger partial charge in [-0.25, -0.2) is 4.79 Å². The van der Waals surface area contributed by atoms with Crippen molar-refractivity contribution < 1.29 is 14.3 Å². The molecule has 1 aromatic carbocycles. The number of carbonyl (C=O) groups is 1. The van der Waals surface area contributed by atoms with E-state index in [1.165, 1.54) is 0 Å². The van der Waals surface area contributed by atoms with Crippen LogP contribution in [0.5, 0.6) is 0 Å². The van der Waals surface area contributed by atoms with Crippen LogP contribution in [0.15, 0.2) is 60.1 Å². The molecule has 2 aliphatic heterocycles. The molecule has 0 saturated heterocycles. The lowest BCUT2D eigenvalue weighted by Crippen LogP contribution is -2.25. The highest BCUT2D eigenvalue weighted by molar-refractivity contribution is 5.91. The Bertz CT molecular complexity index is 643. The molecule has 4 heteroatoms. The number of nitrogens with zero attached hydrogens (tertiary/aromatic N) is 1. The van der Waals surface area contributed by atoms with E-state index in [0.717, 1.165) is 16.9 Å². The largest absolute Gasteiger partial charge is 0.497 e. The van der Waals surface area contributed by atoms with Gasteiger partial charge >= 0.3 is 5.97 Å². The lowest BCUT2D eigenvalue weighted by molar-refractivity contribution is -0.138. The lowest BCUT2D eigenvalue weighted by Gasteiger charge is -2.30. The number of allylic oxidation sites excluding steroid dienone is 1. The number of hydrogen-bond donors (Lipinski definition) is 0. The summed E-state index contributed by atoms with van der Waals surface area (Å²) in [4.78, 5) is 14.1. The summed E-state index contributed by atoms with van der Waals surface area (Å²) in [7, 11) is 0. The molecule has 108 valence electrons. The SMILES string of the molecule is CCOC(=O)C1=CN(C2=CCOC=C2)c2ccccc2C1. The maximum Gasteiger partial charge on any atom is 0.335 e. The summed E-state index contributed by atoms with van der Waals surface area (Å²) in [6.45, 7) is 2.73. The fourth-order valence-electron chi connectivity index (χ4n) is 2.49. The number of carbonyl (C=O) groups excluding carboxylic acids is 1. The van der Waals surface area contributed by atoms with Gasteiger partial charge in [0.1, 0.15) is 6.61 Å². The molecule has 0 fully saturated rings. The highest BCUT2D eigenvalue weighted by Crippen LogP contribution is 2.32. The highest BCUT2D eigenvalue weighted by atomic mass is 16.5. The Morgan fingerprint density at radius 1 is 1.38 bits per heavy atom. The van der Waals surface area contributed by atoms with Crippen molar-refractivity contribution in [2.45, 2.75) is 13.3 Å². The molecule has 0 unspecified atom stereocenters. The van der Waals surface area contributed by atoms with Gasteiger partial charge in [-0.15, -0.1) is 0 Å². The number of esters is 1. The van der Waals surface area contributed by atoms with Crippen LogP contribution in [0, 0.1) is 0 Å². The average Bonchev–Trinajstić information content (AvgIpc) is 2.55. The molecule has 3 rings (SSSR count). The second-order valence-corrected chi connectivity index (χ2v) is 4.82.